The molecule has 3 aromatic rings. The van der Waals surface area contributed by atoms with Crippen LogP contribution in [0.15, 0.2) is 48.8 Å². The lowest BCUT2D eigenvalue weighted by Crippen LogP contribution is -2.25. The van der Waals surface area contributed by atoms with Crippen molar-refractivity contribution >= 4 is 16.9 Å². The van der Waals surface area contributed by atoms with E-state index in [1.807, 2.05) is 35.0 Å². The number of amides is 1. The summed E-state index contributed by atoms with van der Waals surface area (Å²) in [4.78, 5) is 16.4. The third-order valence-corrected chi connectivity index (χ3v) is 3.53. The van der Waals surface area contributed by atoms with E-state index in [4.69, 9.17) is 5.11 Å². The minimum absolute atomic E-state index is 0.0593. The largest absolute Gasteiger partial charge is 0.396 e. The molecule has 0 aliphatic heterocycles. The van der Waals surface area contributed by atoms with Crippen LogP contribution in [-0.2, 0) is 6.54 Å². The first-order valence-corrected chi connectivity index (χ1v) is 7.52. The van der Waals surface area contributed by atoms with E-state index in [0.29, 0.717) is 25.1 Å². The SMILES string of the molecule is O=C(NCCCO)c1cnc2c(cnn2Cc2ccccc2)c1. The average molecular weight is 310 g/mol. The van der Waals surface area contributed by atoms with Crippen molar-refractivity contribution in [3.8, 4) is 0 Å². The summed E-state index contributed by atoms with van der Waals surface area (Å²) in [5, 5.41) is 16.7. The first-order valence-electron chi connectivity index (χ1n) is 7.52. The zero-order valence-electron chi connectivity index (χ0n) is 12.6. The van der Waals surface area contributed by atoms with E-state index < -0.39 is 0 Å². The predicted octanol–water partition coefficient (Wildman–Crippen LogP) is 1.59. The van der Waals surface area contributed by atoms with Crippen molar-refractivity contribution in [3.05, 3.63) is 59.9 Å². The second-order valence-corrected chi connectivity index (χ2v) is 5.26. The van der Waals surface area contributed by atoms with Gasteiger partial charge in [-0.2, -0.15) is 5.10 Å². The molecule has 2 aromatic heterocycles. The van der Waals surface area contributed by atoms with Crippen molar-refractivity contribution in [2.75, 3.05) is 13.2 Å². The van der Waals surface area contributed by atoms with Crippen molar-refractivity contribution in [2.24, 2.45) is 0 Å². The molecule has 0 aliphatic carbocycles. The van der Waals surface area contributed by atoms with Crippen molar-refractivity contribution in [3.63, 3.8) is 0 Å². The van der Waals surface area contributed by atoms with Gasteiger partial charge in [0.15, 0.2) is 5.65 Å². The summed E-state index contributed by atoms with van der Waals surface area (Å²) >= 11 is 0. The Labute approximate surface area is 133 Å². The molecule has 6 heteroatoms. The smallest absolute Gasteiger partial charge is 0.252 e. The molecule has 0 fully saturated rings. The molecule has 2 N–H and O–H groups in total. The molecule has 0 bridgehead atoms. The van der Waals surface area contributed by atoms with E-state index in [1.165, 1.54) is 0 Å². The Hall–Kier alpha value is -2.73. The number of carbonyl (C=O) groups is 1. The Morgan fingerprint density at radius 2 is 2.04 bits per heavy atom. The van der Waals surface area contributed by atoms with Crippen molar-refractivity contribution in [1.29, 1.82) is 0 Å². The predicted molar refractivity (Wildman–Crippen MR) is 87.1 cm³/mol. The van der Waals surface area contributed by atoms with Gasteiger partial charge in [0, 0.05) is 24.7 Å². The Bertz CT molecular complexity index is 799. The molecular weight excluding hydrogens is 292 g/mol. The van der Waals surface area contributed by atoms with Crippen molar-refractivity contribution in [1.82, 2.24) is 20.1 Å². The number of carbonyl (C=O) groups excluding carboxylic acids is 1. The van der Waals surface area contributed by atoms with E-state index in [9.17, 15) is 4.79 Å². The van der Waals surface area contributed by atoms with Crippen LogP contribution in [0, 0.1) is 0 Å². The topological polar surface area (TPSA) is 80.0 Å². The summed E-state index contributed by atoms with van der Waals surface area (Å²) in [6.45, 7) is 1.14. The molecule has 6 nitrogen and oxygen atoms in total. The van der Waals surface area contributed by atoms with E-state index in [0.717, 1.165) is 16.6 Å². The number of hydrogen-bond acceptors (Lipinski definition) is 4. The van der Waals surface area contributed by atoms with Crippen LogP contribution in [0.4, 0.5) is 0 Å². The van der Waals surface area contributed by atoms with Gasteiger partial charge in [0.05, 0.1) is 18.3 Å². The van der Waals surface area contributed by atoms with Crippen molar-refractivity contribution in [2.45, 2.75) is 13.0 Å². The van der Waals surface area contributed by atoms with Gasteiger partial charge in [-0.25, -0.2) is 9.67 Å². The van der Waals surface area contributed by atoms with E-state index in [-0.39, 0.29) is 12.5 Å². The highest BCUT2D eigenvalue weighted by Crippen LogP contribution is 2.14. The maximum absolute atomic E-state index is 12.0. The summed E-state index contributed by atoms with van der Waals surface area (Å²) in [5.74, 6) is -0.191. The summed E-state index contributed by atoms with van der Waals surface area (Å²) in [7, 11) is 0. The Balaban J connectivity index is 1.78. The van der Waals surface area contributed by atoms with Crippen LogP contribution in [0.1, 0.15) is 22.3 Å². The number of hydrogen-bond donors (Lipinski definition) is 2. The molecule has 1 aromatic carbocycles. The molecule has 0 saturated carbocycles. The number of nitrogens with zero attached hydrogens (tertiary/aromatic N) is 3. The highest BCUT2D eigenvalue weighted by Gasteiger charge is 2.10. The van der Waals surface area contributed by atoms with Gasteiger partial charge in [0.2, 0.25) is 0 Å². The van der Waals surface area contributed by atoms with Gasteiger partial charge in [-0.3, -0.25) is 4.79 Å². The minimum atomic E-state index is -0.191. The zero-order chi connectivity index (χ0) is 16.1. The number of pyridine rings is 1. The molecule has 0 unspecified atom stereocenters. The lowest BCUT2D eigenvalue weighted by Gasteiger charge is -2.05. The van der Waals surface area contributed by atoms with Gasteiger partial charge >= 0.3 is 0 Å². The maximum Gasteiger partial charge on any atom is 0.252 e. The summed E-state index contributed by atoms with van der Waals surface area (Å²) in [6, 6.07) is 11.8. The molecule has 23 heavy (non-hydrogen) atoms. The second kappa shape index (κ2) is 7.02. The molecule has 1 amide bonds. The zero-order valence-corrected chi connectivity index (χ0v) is 12.6. The fraction of sp³-hybridized carbons (Fsp3) is 0.235. The van der Waals surface area contributed by atoms with Crippen LogP contribution in [0.5, 0.6) is 0 Å². The van der Waals surface area contributed by atoms with Gasteiger partial charge in [0.1, 0.15) is 0 Å². The molecule has 3 rings (SSSR count). The third kappa shape index (κ3) is 3.54. The fourth-order valence-electron chi connectivity index (χ4n) is 2.35. The highest BCUT2D eigenvalue weighted by molar-refractivity contribution is 5.96. The van der Waals surface area contributed by atoms with E-state index in [2.05, 4.69) is 15.4 Å². The van der Waals surface area contributed by atoms with Crippen LogP contribution < -0.4 is 5.32 Å². The lowest BCUT2D eigenvalue weighted by molar-refractivity contribution is 0.0951. The van der Waals surface area contributed by atoms with Gasteiger partial charge in [-0.1, -0.05) is 30.3 Å². The van der Waals surface area contributed by atoms with Crippen LogP contribution >= 0.6 is 0 Å². The van der Waals surface area contributed by atoms with Gasteiger partial charge in [-0.05, 0) is 18.1 Å². The van der Waals surface area contributed by atoms with Crippen LogP contribution in [0.2, 0.25) is 0 Å². The van der Waals surface area contributed by atoms with Crippen LogP contribution in [-0.4, -0.2) is 38.9 Å². The molecule has 0 radical (unpaired) electrons. The average Bonchev–Trinajstić information content (AvgIpc) is 2.98. The Morgan fingerprint density at radius 1 is 1.22 bits per heavy atom. The number of benzene rings is 1. The van der Waals surface area contributed by atoms with Crippen LogP contribution in [0.3, 0.4) is 0 Å². The summed E-state index contributed by atoms with van der Waals surface area (Å²) < 4.78 is 1.82. The maximum atomic E-state index is 12.0. The number of aliphatic hydroxyl groups is 1. The van der Waals surface area contributed by atoms with Gasteiger partial charge in [0.25, 0.3) is 5.91 Å². The van der Waals surface area contributed by atoms with Gasteiger partial charge in [-0.15, -0.1) is 0 Å². The minimum Gasteiger partial charge on any atom is -0.396 e. The first kappa shape index (κ1) is 15.2. The number of nitrogens with one attached hydrogen (secondary N) is 1. The monoisotopic (exact) mass is 310 g/mol. The number of fused-ring (bicyclic) bond motifs is 1. The van der Waals surface area contributed by atoms with Crippen LogP contribution in [0.25, 0.3) is 11.0 Å². The fourth-order valence-corrected chi connectivity index (χ4v) is 2.35. The molecule has 0 spiro atoms. The Kier molecular flexibility index (Phi) is 4.63. The molecule has 0 aliphatic rings. The number of aliphatic hydroxyl groups excluding tert-OH is 1. The molecular formula is C17H18N4O2. The Morgan fingerprint density at radius 3 is 2.83 bits per heavy atom. The van der Waals surface area contributed by atoms with Crippen molar-refractivity contribution < 1.29 is 9.90 Å². The van der Waals surface area contributed by atoms with E-state index >= 15 is 0 Å². The quantitative estimate of drug-likeness (QED) is 0.678. The molecule has 0 atom stereocenters. The number of rotatable bonds is 6. The highest BCUT2D eigenvalue weighted by atomic mass is 16.3. The number of aromatic nitrogens is 3. The standard InChI is InChI=1S/C17H18N4O2/c22-8-4-7-18-17(23)15-9-14-11-20-21(16(14)19-10-15)12-13-5-2-1-3-6-13/h1-3,5-6,9-11,22H,4,7-8,12H2,(H,18,23). The molecule has 118 valence electrons. The summed E-state index contributed by atoms with van der Waals surface area (Å²) in [5.41, 5.74) is 2.39. The molecule has 0 saturated heterocycles. The second-order valence-electron chi connectivity index (χ2n) is 5.26. The lowest BCUT2D eigenvalue weighted by atomic mass is 10.2. The normalized spacial score (nSPS) is 10.8. The molecule has 2 heterocycles. The summed E-state index contributed by atoms with van der Waals surface area (Å²) in [6.07, 6.45) is 3.81. The third-order valence-electron chi connectivity index (χ3n) is 3.53. The first-order chi connectivity index (χ1) is 11.3. The van der Waals surface area contributed by atoms with Gasteiger partial charge < -0.3 is 10.4 Å². The van der Waals surface area contributed by atoms with E-state index in [1.54, 1.807) is 18.5 Å².